The first-order valence-corrected chi connectivity index (χ1v) is 11.7. The Hall–Kier alpha value is -3.50. The van der Waals surface area contributed by atoms with Crippen LogP contribution in [0.2, 0.25) is 0 Å². The summed E-state index contributed by atoms with van der Waals surface area (Å²) in [6, 6.07) is 8.90. The van der Waals surface area contributed by atoms with Gasteiger partial charge in [-0.2, -0.15) is 9.37 Å². The lowest BCUT2D eigenvalue weighted by Gasteiger charge is -2.31. The van der Waals surface area contributed by atoms with E-state index in [4.69, 9.17) is 4.74 Å². The topological polar surface area (TPSA) is 96.4 Å². The molecule has 1 N–H and O–H groups in total. The Bertz CT molecular complexity index is 1130. The van der Waals surface area contributed by atoms with E-state index < -0.39 is 5.95 Å². The van der Waals surface area contributed by atoms with Gasteiger partial charge in [0.25, 0.3) is 0 Å². The van der Waals surface area contributed by atoms with Crippen LogP contribution in [0.4, 0.5) is 4.39 Å². The molecule has 1 amide bonds. The number of likely N-dealkylation sites (N-methyl/N-ethyl adjacent to an activating group) is 1. The molecular formula is C25H30FN7O2. The summed E-state index contributed by atoms with van der Waals surface area (Å²) in [7, 11) is 2.11. The van der Waals surface area contributed by atoms with Crippen molar-refractivity contribution in [2.24, 2.45) is 0 Å². The van der Waals surface area contributed by atoms with Crippen LogP contribution in [-0.4, -0.2) is 82.0 Å². The number of amides is 1. The van der Waals surface area contributed by atoms with Crippen LogP contribution in [0.15, 0.2) is 42.7 Å². The van der Waals surface area contributed by atoms with Gasteiger partial charge in [-0.05, 0) is 31.2 Å². The van der Waals surface area contributed by atoms with Gasteiger partial charge in [-0.15, -0.1) is 0 Å². The predicted molar refractivity (Wildman–Crippen MR) is 129 cm³/mol. The Morgan fingerprint density at radius 1 is 1.09 bits per heavy atom. The fraction of sp³-hybridized carbons (Fsp3) is 0.400. The van der Waals surface area contributed by atoms with Gasteiger partial charge in [-0.3, -0.25) is 9.69 Å². The standard InChI is InChI=1S/C25H30FN7O2/c1-18-27-8-7-21(30-18)16-28-23(34)15-19-3-5-20(6-4-19)22-17-29-25(31-24(22)26)35-14-13-33-11-9-32(2)10-12-33/h3-8,17H,9-16H2,1-2H3,(H,28,34). The molecule has 0 spiro atoms. The number of rotatable bonds is 9. The number of halogens is 1. The maximum absolute atomic E-state index is 14.6. The van der Waals surface area contributed by atoms with E-state index in [1.54, 1.807) is 43.5 Å². The van der Waals surface area contributed by atoms with Crippen LogP contribution in [0.3, 0.4) is 0 Å². The van der Waals surface area contributed by atoms with Crippen molar-refractivity contribution in [3.05, 3.63) is 65.8 Å². The summed E-state index contributed by atoms with van der Waals surface area (Å²) < 4.78 is 20.2. The summed E-state index contributed by atoms with van der Waals surface area (Å²) in [5, 5.41) is 2.85. The highest BCUT2D eigenvalue weighted by Gasteiger charge is 2.15. The quantitative estimate of drug-likeness (QED) is 0.465. The van der Waals surface area contributed by atoms with Crippen LogP contribution in [0.5, 0.6) is 6.01 Å². The molecule has 0 bridgehead atoms. The number of hydrogen-bond acceptors (Lipinski definition) is 8. The van der Waals surface area contributed by atoms with Gasteiger partial charge in [0.2, 0.25) is 11.9 Å². The Morgan fingerprint density at radius 3 is 2.57 bits per heavy atom. The monoisotopic (exact) mass is 479 g/mol. The smallest absolute Gasteiger partial charge is 0.319 e. The van der Waals surface area contributed by atoms with E-state index in [1.807, 2.05) is 0 Å². The molecule has 3 heterocycles. The minimum Gasteiger partial charge on any atom is -0.462 e. The van der Waals surface area contributed by atoms with Crippen molar-refractivity contribution in [2.45, 2.75) is 19.9 Å². The van der Waals surface area contributed by atoms with Gasteiger partial charge in [-0.25, -0.2) is 15.0 Å². The van der Waals surface area contributed by atoms with Crippen LogP contribution in [0, 0.1) is 12.9 Å². The third-order valence-electron chi connectivity index (χ3n) is 5.88. The molecule has 2 aromatic heterocycles. The molecule has 9 nitrogen and oxygen atoms in total. The van der Waals surface area contributed by atoms with Gasteiger partial charge < -0.3 is 15.0 Å². The summed E-state index contributed by atoms with van der Waals surface area (Å²) in [5.41, 5.74) is 2.48. The second kappa shape index (κ2) is 11.8. The second-order valence-electron chi connectivity index (χ2n) is 8.60. The van der Waals surface area contributed by atoms with E-state index in [0.29, 0.717) is 24.5 Å². The zero-order valence-corrected chi connectivity index (χ0v) is 20.1. The Balaban J connectivity index is 1.26. The molecule has 1 aliphatic heterocycles. The zero-order valence-electron chi connectivity index (χ0n) is 20.1. The highest BCUT2D eigenvalue weighted by atomic mass is 19.1. The number of nitrogens with zero attached hydrogens (tertiary/aromatic N) is 6. The molecule has 0 unspecified atom stereocenters. The van der Waals surface area contributed by atoms with Gasteiger partial charge in [0, 0.05) is 45.1 Å². The number of carbonyl (C=O) groups excluding carboxylic acids is 1. The molecule has 1 fully saturated rings. The van der Waals surface area contributed by atoms with Crippen molar-refractivity contribution in [1.29, 1.82) is 0 Å². The number of aryl methyl sites for hydroxylation is 1. The van der Waals surface area contributed by atoms with Gasteiger partial charge in [0.1, 0.15) is 12.4 Å². The average Bonchev–Trinajstić information content (AvgIpc) is 2.85. The molecule has 0 saturated carbocycles. The van der Waals surface area contributed by atoms with Crippen molar-refractivity contribution in [3.63, 3.8) is 0 Å². The SMILES string of the molecule is Cc1nccc(CNC(=O)Cc2ccc(-c3cnc(OCCN4CCN(C)CC4)nc3F)cc2)n1. The lowest BCUT2D eigenvalue weighted by molar-refractivity contribution is -0.120. The van der Waals surface area contributed by atoms with Crippen LogP contribution in [-0.2, 0) is 17.8 Å². The normalized spacial score (nSPS) is 14.6. The molecule has 184 valence electrons. The molecule has 0 atom stereocenters. The zero-order chi connectivity index (χ0) is 24.6. The summed E-state index contributed by atoms with van der Waals surface area (Å²) in [6.07, 6.45) is 3.31. The minimum absolute atomic E-state index is 0.0348. The Labute approximate surface area is 204 Å². The molecule has 4 rings (SSSR count). The molecule has 1 saturated heterocycles. The van der Waals surface area contributed by atoms with E-state index >= 15 is 0 Å². The van der Waals surface area contributed by atoms with Crippen molar-refractivity contribution in [2.75, 3.05) is 46.4 Å². The second-order valence-corrected chi connectivity index (χ2v) is 8.60. The molecule has 0 radical (unpaired) electrons. The molecule has 3 aromatic rings. The first kappa shape index (κ1) is 24.6. The molecule has 1 aromatic carbocycles. The highest BCUT2D eigenvalue weighted by molar-refractivity contribution is 5.78. The molecule has 0 aliphatic carbocycles. The van der Waals surface area contributed by atoms with Crippen LogP contribution in [0.25, 0.3) is 11.1 Å². The summed E-state index contributed by atoms with van der Waals surface area (Å²) in [5.74, 6) is -0.101. The number of piperazine rings is 1. The number of hydrogen-bond donors (Lipinski definition) is 1. The van der Waals surface area contributed by atoms with Crippen molar-refractivity contribution in [3.8, 4) is 17.1 Å². The fourth-order valence-corrected chi connectivity index (χ4v) is 3.79. The largest absolute Gasteiger partial charge is 0.462 e. The predicted octanol–water partition coefficient (Wildman–Crippen LogP) is 1.87. The van der Waals surface area contributed by atoms with E-state index in [0.717, 1.165) is 44.0 Å². The third-order valence-corrected chi connectivity index (χ3v) is 5.88. The average molecular weight is 480 g/mol. The van der Waals surface area contributed by atoms with Crippen molar-refractivity contribution < 1.29 is 13.9 Å². The third kappa shape index (κ3) is 7.24. The molecule has 35 heavy (non-hydrogen) atoms. The number of nitrogens with one attached hydrogen (secondary N) is 1. The van der Waals surface area contributed by atoms with Crippen LogP contribution >= 0.6 is 0 Å². The first-order chi connectivity index (χ1) is 17.0. The highest BCUT2D eigenvalue weighted by Crippen LogP contribution is 2.23. The number of benzene rings is 1. The van der Waals surface area contributed by atoms with Gasteiger partial charge >= 0.3 is 6.01 Å². The van der Waals surface area contributed by atoms with Crippen LogP contribution < -0.4 is 10.1 Å². The van der Waals surface area contributed by atoms with Crippen molar-refractivity contribution >= 4 is 5.91 Å². The minimum atomic E-state index is -0.639. The number of ether oxygens (including phenoxy) is 1. The van der Waals surface area contributed by atoms with E-state index in [1.165, 1.54) is 6.20 Å². The Morgan fingerprint density at radius 2 is 1.86 bits per heavy atom. The fourth-order valence-electron chi connectivity index (χ4n) is 3.79. The van der Waals surface area contributed by atoms with Gasteiger partial charge in [0.05, 0.1) is 24.2 Å². The molecular weight excluding hydrogens is 449 g/mol. The number of carbonyl (C=O) groups is 1. The van der Waals surface area contributed by atoms with E-state index in [-0.39, 0.29) is 23.9 Å². The molecule has 10 heteroatoms. The van der Waals surface area contributed by atoms with E-state index in [2.05, 4.69) is 42.1 Å². The molecule has 1 aliphatic rings. The lowest BCUT2D eigenvalue weighted by Crippen LogP contribution is -2.45. The Kier molecular flexibility index (Phi) is 8.27. The first-order valence-electron chi connectivity index (χ1n) is 11.7. The summed E-state index contributed by atoms with van der Waals surface area (Å²) >= 11 is 0. The van der Waals surface area contributed by atoms with E-state index in [9.17, 15) is 9.18 Å². The van der Waals surface area contributed by atoms with Crippen molar-refractivity contribution in [1.82, 2.24) is 35.1 Å². The number of aromatic nitrogens is 4. The van der Waals surface area contributed by atoms with Gasteiger partial charge in [0.15, 0.2) is 0 Å². The summed E-state index contributed by atoms with van der Waals surface area (Å²) in [6.45, 7) is 7.37. The van der Waals surface area contributed by atoms with Crippen LogP contribution in [0.1, 0.15) is 17.1 Å². The van der Waals surface area contributed by atoms with Gasteiger partial charge in [-0.1, -0.05) is 24.3 Å². The maximum atomic E-state index is 14.6. The summed E-state index contributed by atoms with van der Waals surface area (Å²) in [4.78, 5) is 33.2. The lowest BCUT2D eigenvalue weighted by atomic mass is 10.0. The maximum Gasteiger partial charge on any atom is 0.319 e.